The van der Waals surface area contributed by atoms with Crippen LogP contribution in [0.5, 0.6) is 0 Å². The largest absolute Gasteiger partial charge is 0.462 e. The zero-order valence-corrected chi connectivity index (χ0v) is 27.5. The van der Waals surface area contributed by atoms with Crippen LogP contribution < -0.4 is 0 Å². The molecule has 0 saturated carbocycles. The molecule has 0 spiro atoms. The predicted molar refractivity (Wildman–Crippen MR) is 180 cm³/mol. The van der Waals surface area contributed by atoms with Gasteiger partial charge in [-0.05, 0) is 44.4 Å². The third-order valence-electron chi connectivity index (χ3n) is 6.62. The molecule has 0 aliphatic heterocycles. The topological polar surface area (TPSA) is 113 Å². The van der Waals surface area contributed by atoms with Crippen LogP contribution in [0.2, 0.25) is 0 Å². The Morgan fingerprint density at radius 3 is 1.91 bits per heavy atom. The van der Waals surface area contributed by atoms with Crippen molar-refractivity contribution in [2.75, 3.05) is 13.2 Å². The average Bonchev–Trinajstić information content (AvgIpc) is 2.99. The molecule has 44 heavy (non-hydrogen) atoms. The van der Waals surface area contributed by atoms with Gasteiger partial charge in [0.2, 0.25) is 0 Å². The number of carbonyl (C=O) groups excluding carboxylic acids is 2. The minimum absolute atomic E-state index is 0.146. The fourth-order valence-corrected chi connectivity index (χ4v) is 4.05. The van der Waals surface area contributed by atoms with Gasteiger partial charge in [-0.1, -0.05) is 132 Å². The summed E-state index contributed by atoms with van der Waals surface area (Å²) in [4.78, 5) is 24.0. The second-order valence-corrected chi connectivity index (χ2v) is 11.4. The molecule has 0 fully saturated rings. The highest BCUT2D eigenvalue weighted by molar-refractivity contribution is 5.70. The molecule has 0 aliphatic rings. The van der Waals surface area contributed by atoms with Crippen molar-refractivity contribution in [2.45, 2.75) is 129 Å². The van der Waals surface area contributed by atoms with Crippen LogP contribution in [0.25, 0.3) is 0 Å². The van der Waals surface area contributed by atoms with E-state index in [1.54, 1.807) is 30.4 Å². The van der Waals surface area contributed by atoms with Gasteiger partial charge in [-0.2, -0.15) is 0 Å². The van der Waals surface area contributed by atoms with Crippen LogP contribution in [-0.4, -0.2) is 58.8 Å². The summed E-state index contributed by atoms with van der Waals surface area (Å²) in [6.45, 7) is 6.00. The van der Waals surface area contributed by atoms with Crippen LogP contribution in [0.1, 0.15) is 111 Å². The zero-order valence-electron chi connectivity index (χ0n) is 27.5. The van der Waals surface area contributed by atoms with Gasteiger partial charge in [0, 0.05) is 12.8 Å². The third-order valence-corrected chi connectivity index (χ3v) is 6.62. The maximum Gasteiger partial charge on any atom is 0.306 e. The van der Waals surface area contributed by atoms with Gasteiger partial charge in [0.05, 0.1) is 18.8 Å². The number of rotatable bonds is 27. The molecule has 0 heterocycles. The standard InChI is InChI=1S/C37H60O7/c1-4-5-16-24-33(39)26-19-14-15-20-27-34(40)25-18-11-7-9-12-21-28-36(41)43-31-35(30-38)44-37(42)29-22-13-8-6-10-17-23-32(2)3/h5,9,11-12,14-16,18-20,26-27,32-35,38-40H,4,6-8,10,13,17,21-25,28-31H2,1-3H3/b12-9-,15-14-,16-5-,18-11-,26-19+,27-20+/t33-,34+,35+/m1/s1. The van der Waals surface area contributed by atoms with E-state index in [4.69, 9.17) is 9.47 Å². The number of hydrogen-bond donors (Lipinski definition) is 3. The molecular weight excluding hydrogens is 556 g/mol. The molecule has 0 aromatic carbocycles. The molecular formula is C37H60O7. The van der Waals surface area contributed by atoms with Crippen molar-refractivity contribution >= 4 is 11.9 Å². The number of hydrogen-bond acceptors (Lipinski definition) is 7. The van der Waals surface area contributed by atoms with Crippen molar-refractivity contribution in [2.24, 2.45) is 5.92 Å². The summed E-state index contributed by atoms with van der Waals surface area (Å²) < 4.78 is 10.4. The van der Waals surface area contributed by atoms with Crippen LogP contribution >= 0.6 is 0 Å². The Morgan fingerprint density at radius 1 is 0.705 bits per heavy atom. The second-order valence-electron chi connectivity index (χ2n) is 11.4. The summed E-state index contributed by atoms with van der Waals surface area (Å²) in [5.74, 6) is -0.0206. The molecule has 3 atom stereocenters. The van der Waals surface area contributed by atoms with Gasteiger partial charge in [-0.3, -0.25) is 9.59 Å². The number of carbonyl (C=O) groups is 2. The van der Waals surface area contributed by atoms with E-state index in [1.165, 1.54) is 25.7 Å². The molecule has 0 aromatic rings. The first kappa shape index (κ1) is 41.3. The first-order chi connectivity index (χ1) is 21.3. The first-order valence-corrected chi connectivity index (χ1v) is 16.6. The molecule has 0 bridgehead atoms. The van der Waals surface area contributed by atoms with Crippen LogP contribution in [0.3, 0.4) is 0 Å². The van der Waals surface area contributed by atoms with E-state index in [0.29, 0.717) is 32.1 Å². The van der Waals surface area contributed by atoms with E-state index in [9.17, 15) is 24.9 Å². The quantitative estimate of drug-likeness (QED) is 0.0376. The fraction of sp³-hybridized carbons (Fsp3) is 0.622. The zero-order chi connectivity index (χ0) is 32.7. The van der Waals surface area contributed by atoms with Crippen LogP contribution in [0, 0.1) is 5.92 Å². The van der Waals surface area contributed by atoms with Crippen LogP contribution in [-0.2, 0) is 19.1 Å². The van der Waals surface area contributed by atoms with E-state index >= 15 is 0 Å². The van der Waals surface area contributed by atoms with Crippen molar-refractivity contribution in [3.8, 4) is 0 Å². The van der Waals surface area contributed by atoms with Crippen molar-refractivity contribution in [1.82, 2.24) is 0 Å². The van der Waals surface area contributed by atoms with Gasteiger partial charge in [0.25, 0.3) is 0 Å². The predicted octanol–water partition coefficient (Wildman–Crippen LogP) is 7.63. The maximum atomic E-state index is 12.0. The first-order valence-electron chi connectivity index (χ1n) is 16.6. The Balaban J connectivity index is 3.94. The van der Waals surface area contributed by atoms with Crippen molar-refractivity contribution < 1.29 is 34.4 Å². The summed E-state index contributed by atoms with van der Waals surface area (Å²) in [7, 11) is 0. The van der Waals surface area contributed by atoms with Crippen molar-refractivity contribution in [3.05, 3.63) is 72.9 Å². The normalized spacial score (nSPS) is 14.7. The molecule has 0 amide bonds. The van der Waals surface area contributed by atoms with Gasteiger partial charge in [0.1, 0.15) is 6.61 Å². The monoisotopic (exact) mass is 616 g/mol. The minimum atomic E-state index is -0.835. The summed E-state index contributed by atoms with van der Waals surface area (Å²) in [5, 5.41) is 29.3. The Labute approximate surface area is 267 Å². The lowest BCUT2D eigenvalue weighted by Gasteiger charge is -2.15. The van der Waals surface area contributed by atoms with E-state index in [2.05, 4.69) is 20.8 Å². The molecule has 7 heteroatoms. The summed E-state index contributed by atoms with van der Waals surface area (Å²) >= 11 is 0. The number of aliphatic hydroxyl groups excluding tert-OH is 3. The Kier molecular flexibility index (Phi) is 28.4. The van der Waals surface area contributed by atoms with Crippen LogP contribution in [0.15, 0.2) is 72.9 Å². The van der Waals surface area contributed by atoms with Gasteiger partial charge < -0.3 is 24.8 Å². The molecule has 0 aromatic heterocycles. The fourth-order valence-electron chi connectivity index (χ4n) is 4.05. The Morgan fingerprint density at radius 2 is 1.30 bits per heavy atom. The smallest absolute Gasteiger partial charge is 0.306 e. The highest BCUT2D eigenvalue weighted by atomic mass is 16.6. The van der Waals surface area contributed by atoms with Gasteiger partial charge in [0.15, 0.2) is 6.10 Å². The molecule has 0 radical (unpaired) electrons. The van der Waals surface area contributed by atoms with Gasteiger partial charge in [-0.25, -0.2) is 0 Å². The van der Waals surface area contributed by atoms with E-state index in [-0.39, 0.29) is 25.6 Å². The lowest BCUT2D eigenvalue weighted by molar-refractivity contribution is -0.161. The minimum Gasteiger partial charge on any atom is -0.462 e. The number of aliphatic hydroxyl groups is 3. The van der Waals surface area contributed by atoms with Crippen molar-refractivity contribution in [1.29, 1.82) is 0 Å². The third kappa shape index (κ3) is 29.3. The summed E-state index contributed by atoms with van der Waals surface area (Å²) in [6.07, 6.45) is 32.0. The molecule has 250 valence electrons. The molecule has 0 rings (SSSR count). The van der Waals surface area contributed by atoms with E-state index < -0.39 is 24.3 Å². The summed E-state index contributed by atoms with van der Waals surface area (Å²) in [5.41, 5.74) is 0. The van der Waals surface area contributed by atoms with Crippen LogP contribution in [0.4, 0.5) is 0 Å². The number of allylic oxidation sites excluding steroid dienone is 8. The number of unbranched alkanes of at least 4 members (excludes halogenated alkanes) is 5. The Bertz CT molecular complexity index is 882. The molecule has 0 unspecified atom stereocenters. The highest BCUT2D eigenvalue weighted by Gasteiger charge is 2.15. The van der Waals surface area contributed by atoms with Crippen molar-refractivity contribution in [3.63, 3.8) is 0 Å². The highest BCUT2D eigenvalue weighted by Crippen LogP contribution is 2.12. The van der Waals surface area contributed by atoms with Gasteiger partial charge >= 0.3 is 11.9 Å². The SMILES string of the molecule is CC/C=C\C[C@@H](O)/C=C/C=C\C=C\[C@@H](O)C/C=C\C/C=C\CCC(=O)OC[C@H](CO)OC(=O)CCCCCCCCC(C)C. The molecule has 7 nitrogen and oxygen atoms in total. The number of ether oxygens (including phenoxy) is 2. The van der Waals surface area contributed by atoms with E-state index in [1.807, 2.05) is 42.5 Å². The maximum absolute atomic E-state index is 12.0. The molecule has 3 N–H and O–H groups in total. The molecule has 0 aliphatic carbocycles. The Hall–Kier alpha value is -2.74. The lowest BCUT2D eigenvalue weighted by Crippen LogP contribution is -2.28. The van der Waals surface area contributed by atoms with Gasteiger partial charge in [-0.15, -0.1) is 0 Å². The summed E-state index contributed by atoms with van der Waals surface area (Å²) in [6, 6.07) is 0. The lowest BCUT2D eigenvalue weighted by atomic mass is 10.0. The van der Waals surface area contributed by atoms with E-state index in [0.717, 1.165) is 31.6 Å². The molecule has 0 saturated heterocycles. The average molecular weight is 617 g/mol. The second kappa shape index (κ2) is 30.3. The number of esters is 2.